The largest absolute Gasteiger partial charge is 0.474 e. The van der Waals surface area contributed by atoms with Gasteiger partial charge in [-0.1, -0.05) is 0 Å². The standard InChI is InChI=1S/C21H22F3N7O4S/c1-3-26-20(34)30-16-5-13(19-29-15(9-36-19)21(22,23)24)14(7-27-16)12-4-11(17(33)31-25)6-28-18(12)35-8-10(2)32/h4-7,9-10,32H,3,8,25H2,1-2H3,(H,31,33)(H2,26,27,30,34). The molecule has 0 radical (unpaired) electrons. The third-order valence-electron chi connectivity index (χ3n) is 4.50. The number of anilines is 1. The number of aromatic nitrogens is 3. The number of hydrogen-bond donors (Lipinski definition) is 5. The molecule has 36 heavy (non-hydrogen) atoms. The van der Waals surface area contributed by atoms with Crippen molar-refractivity contribution in [2.45, 2.75) is 26.1 Å². The summed E-state index contributed by atoms with van der Waals surface area (Å²) in [5, 5.41) is 15.5. The summed E-state index contributed by atoms with van der Waals surface area (Å²) in [7, 11) is 0. The summed E-state index contributed by atoms with van der Waals surface area (Å²) in [5.41, 5.74) is 1.45. The molecule has 1 unspecified atom stereocenters. The lowest BCUT2D eigenvalue weighted by Crippen LogP contribution is -2.30. The number of alkyl halides is 3. The Labute approximate surface area is 206 Å². The van der Waals surface area contributed by atoms with Crippen molar-refractivity contribution in [3.8, 4) is 27.6 Å². The molecule has 0 fully saturated rings. The predicted molar refractivity (Wildman–Crippen MR) is 125 cm³/mol. The summed E-state index contributed by atoms with van der Waals surface area (Å²) in [6.45, 7) is 3.38. The molecule has 3 aromatic rings. The van der Waals surface area contributed by atoms with E-state index in [4.69, 9.17) is 10.6 Å². The van der Waals surface area contributed by atoms with Gasteiger partial charge in [0.05, 0.1) is 11.7 Å². The summed E-state index contributed by atoms with van der Waals surface area (Å²) in [5.74, 6) is 4.56. The van der Waals surface area contributed by atoms with Gasteiger partial charge in [0, 0.05) is 41.0 Å². The first kappa shape index (κ1) is 26.8. The van der Waals surface area contributed by atoms with E-state index in [1.165, 1.54) is 31.5 Å². The maximum atomic E-state index is 13.3. The summed E-state index contributed by atoms with van der Waals surface area (Å²) in [4.78, 5) is 36.1. The number of pyridine rings is 2. The van der Waals surface area contributed by atoms with Crippen LogP contribution in [0.1, 0.15) is 29.9 Å². The van der Waals surface area contributed by atoms with Crippen LogP contribution in [0.15, 0.2) is 29.9 Å². The minimum atomic E-state index is -4.67. The van der Waals surface area contributed by atoms with Crippen LogP contribution in [0.3, 0.4) is 0 Å². The lowest BCUT2D eigenvalue weighted by Gasteiger charge is -2.16. The zero-order valence-electron chi connectivity index (χ0n) is 19.0. The molecule has 0 aliphatic heterocycles. The summed E-state index contributed by atoms with van der Waals surface area (Å²) >= 11 is 0.728. The van der Waals surface area contributed by atoms with E-state index in [2.05, 4.69) is 25.6 Å². The Bertz CT molecular complexity index is 1250. The second-order valence-electron chi connectivity index (χ2n) is 7.35. The molecule has 0 aliphatic rings. The van der Waals surface area contributed by atoms with Crippen molar-refractivity contribution in [1.82, 2.24) is 25.7 Å². The molecule has 3 rings (SSSR count). The van der Waals surface area contributed by atoms with Crippen LogP contribution in [-0.4, -0.2) is 51.3 Å². The van der Waals surface area contributed by atoms with Gasteiger partial charge in [-0.05, 0) is 26.0 Å². The number of aliphatic hydroxyl groups is 1. The number of amides is 3. The topological polar surface area (TPSA) is 164 Å². The first-order valence-corrected chi connectivity index (χ1v) is 11.3. The van der Waals surface area contributed by atoms with Crippen LogP contribution >= 0.6 is 11.3 Å². The van der Waals surface area contributed by atoms with Crippen molar-refractivity contribution in [3.05, 3.63) is 41.2 Å². The van der Waals surface area contributed by atoms with Crippen molar-refractivity contribution in [2.75, 3.05) is 18.5 Å². The summed E-state index contributed by atoms with van der Waals surface area (Å²) in [6.07, 6.45) is -3.06. The van der Waals surface area contributed by atoms with Gasteiger partial charge in [0.2, 0.25) is 5.88 Å². The Morgan fingerprint density at radius 2 is 1.94 bits per heavy atom. The molecule has 0 spiro atoms. The highest BCUT2D eigenvalue weighted by atomic mass is 32.1. The van der Waals surface area contributed by atoms with Crippen molar-refractivity contribution in [1.29, 1.82) is 0 Å². The molecule has 0 bridgehead atoms. The number of rotatable bonds is 8. The number of halogens is 3. The SMILES string of the molecule is CCNC(=O)Nc1cc(-c2nc(C(F)(F)F)cs2)c(-c2cc(C(=O)NN)cnc2OCC(C)O)cn1. The number of urea groups is 1. The van der Waals surface area contributed by atoms with Gasteiger partial charge in [0.15, 0.2) is 5.69 Å². The van der Waals surface area contributed by atoms with Crippen molar-refractivity contribution >= 4 is 29.1 Å². The van der Waals surface area contributed by atoms with Gasteiger partial charge >= 0.3 is 12.2 Å². The molecule has 1 atom stereocenters. The van der Waals surface area contributed by atoms with E-state index in [9.17, 15) is 27.9 Å². The number of nitrogens with zero attached hydrogens (tertiary/aromatic N) is 3. The zero-order chi connectivity index (χ0) is 26.5. The molecular formula is C21H22F3N7O4S. The Hall–Kier alpha value is -3.82. The fourth-order valence-electron chi connectivity index (χ4n) is 2.93. The lowest BCUT2D eigenvalue weighted by atomic mass is 10.0. The van der Waals surface area contributed by atoms with Gasteiger partial charge in [-0.3, -0.25) is 15.5 Å². The molecule has 6 N–H and O–H groups in total. The maximum absolute atomic E-state index is 13.3. The Kier molecular flexibility index (Phi) is 8.39. The minimum Gasteiger partial charge on any atom is -0.474 e. The highest BCUT2D eigenvalue weighted by Gasteiger charge is 2.34. The van der Waals surface area contributed by atoms with Crippen LogP contribution in [0.5, 0.6) is 5.88 Å². The number of ether oxygens (including phenoxy) is 1. The van der Waals surface area contributed by atoms with Crippen LogP contribution in [0.4, 0.5) is 23.8 Å². The van der Waals surface area contributed by atoms with E-state index < -0.39 is 29.9 Å². The smallest absolute Gasteiger partial charge is 0.434 e. The number of hydrazine groups is 1. The van der Waals surface area contributed by atoms with Crippen LogP contribution < -0.4 is 26.6 Å². The molecule has 192 valence electrons. The van der Waals surface area contributed by atoms with E-state index in [0.717, 1.165) is 16.7 Å². The van der Waals surface area contributed by atoms with E-state index in [1.54, 1.807) is 6.92 Å². The second kappa shape index (κ2) is 11.3. The number of nitrogens with two attached hydrogens (primary N) is 1. The molecular weight excluding hydrogens is 503 g/mol. The number of thiazole rings is 1. The fourth-order valence-corrected chi connectivity index (χ4v) is 3.79. The Morgan fingerprint density at radius 3 is 2.56 bits per heavy atom. The summed E-state index contributed by atoms with van der Waals surface area (Å²) in [6, 6.07) is 2.14. The third-order valence-corrected chi connectivity index (χ3v) is 5.38. The van der Waals surface area contributed by atoms with Gasteiger partial charge < -0.3 is 15.2 Å². The quantitative estimate of drug-likeness (QED) is 0.170. The highest BCUT2D eigenvalue weighted by Crippen LogP contribution is 2.40. The van der Waals surface area contributed by atoms with Gasteiger partial charge in [0.25, 0.3) is 5.91 Å². The molecule has 0 saturated heterocycles. The molecule has 3 heterocycles. The third kappa shape index (κ3) is 6.44. The van der Waals surface area contributed by atoms with E-state index in [0.29, 0.717) is 6.54 Å². The van der Waals surface area contributed by atoms with Gasteiger partial charge in [-0.25, -0.2) is 25.6 Å². The number of nitrogen functional groups attached to an aromatic ring is 1. The second-order valence-corrected chi connectivity index (χ2v) is 8.20. The molecule has 11 nitrogen and oxygen atoms in total. The van der Waals surface area contributed by atoms with Crippen LogP contribution in [0.25, 0.3) is 21.7 Å². The normalized spacial score (nSPS) is 12.1. The molecule has 0 saturated carbocycles. The minimum absolute atomic E-state index is 0.0236. The first-order chi connectivity index (χ1) is 17.0. The lowest BCUT2D eigenvalue weighted by molar-refractivity contribution is -0.140. The van der Waals surface area contributed by atoms with E-state index >= 15 is 0 Å². The fraction of sp³-hybridized carbons (Fsp3) is 0.286. The Balaban J connectivity index is 2.21. The number of aliphatic hydroxyl groups excluding tert-OH is 1. The van der Waals surface area contributed by atoms with Crippen molar-refractivity contribution in [3.63, 3.8) is 0 Å². The van der Waals surface area contributed by atoms with Crippen LogP contribution in [0, 0.1) is 0 Å². The van der Waals surface area contributed by atoms with Gasteiger partial charge in [0.1, 0.15) is 17.4 Å². The molecule has 0 aromatic carbocycles. The van der Waals surface area contributed by atoms with E-state index in [1.807, 2.05) is 5.43 Å². The summed E-state index contributed by atoms with van der Waals surface area (Å²) < 4.78 is 45.3. The zero-order valence-corrected chi connectivity index (χ0v) is 19.8. The highest BCUT2D eigenvalue weighted by molar-refractivity contribution is 7.13. The average molecular weight is 526 g/mol. The van der Waals surface area contributed by atoms with Crippen molar-refractivity contribution in [2.24, 2.45) is 5.84 Å². The molecule has 3 amide bonds. The molecule has 15 heteroatoms. The number of carbonyl (C=O) groups excluding carboxylic acids is 2. The molecule has 3 aromatic heterocycles. The monoisotopic (exact) mass is 525 g/mol. The van der Waals surface area contributed by atoms with Gasteiger partial charge in [-0.15, -0.1) is 11.3 Å². The van der Waals surface area contributed by atoms with E-state index in [-0.39, 0.29) is 45.6 Å². The van der Waals surface area contributed by atoms with Crippen LogP contribution in [-0.2, 0) is 6.18 Å². The number of nitrogens with one attached hydrogen (secondary N) is 3. The first-order valence-electron chi connectivity index (χ1n) is 10.4. The average Bonchev–Trinajstić information content (AvgIpc) is 3.33. The van der Waals surface area contributed by atoms with Gasteiger partial charge in [-0.2, -0.15) is 13.2 Å². The predicted octanol–water partition coefficient (Wildman–Crippen LogP) is 2.79. The Morgan fingerprint density at radius 1 is 1.19 bits per heavy atom. The van der Waals surface area contributed by atoms with Crippen LogP contribution in [0.2, 0.25) is 0 Å². The maximum Gasteiger partial charge on any atom is 0.434 e. The number of carbonyl (C=O) groups is 2. The number of hydrogen-bond acceptors (Lipinski definition) is 9. The molecule has 0 aliphatic carbocycles. The van der Waals surface area contributed by atoms with Crippen molar-refractivity contribution < 1.29 is 32.6 Å².